The van der Waals surface area contributed by atoms with Crippen LogP contribution in [0.25, 0.3) is 0 Å². The largest absolute Gasteiger partial charge is 0.368 e. The van der Waals surface area contributed by atoms with Gasteiger partial charge in [0.15, 0.2) is 0 Å². The molecule has 6 nitrogen and oxygen atoms in total. The molecule has 1 amide bonds. The van der Waals surface area contributed by atoms with Crippen molar-refractivity contribution in [1.82, 2.24) is 9.21 Å². The highest BCUT2D eigenvalue weighted by atomic mass is 32.2. The van der Waals surface area contributed by atoms with E-state index in [2.05, 4.69) is 17.0 Å². The van der Waals surface area contributed by atoms with Crippen molar-refractivity contribution in [3.8, 4) is 0 Å². The Morgan fingerprint density at radius 2 is 1.58 bits per heavy atom. The molecular weight excluding hydrogens is 410 g/mol. The normalized spacial score (nSPS) is 17.2. The van der Waals surface area contributed by atoms with Gasteiger partial charge in [0, 0.05) is 50.9 Å². The minimum absolute atomic E-state index is 0.283. The summed E-state index contributed by atoms with van der Waals surface area (Å²) in [4.78, 5) is 16.5. The van der Waals surface area contributed by atoms with Crippen molar-refractivity contribution in [3.05, 3.63) is 65.7 Å². The monoisotopic (exact) mass is 441 g/mol. The molecule has 0 N–H and O–H groups in total. The average Bonchev–Trinajstić information content (AvgIpc) is 3.62. The quantitative estimate of drug-likeness (QED) is 0.632. The van der Waals surface area contributed by atoms with E-state index in [1.54, 1.807) is 0 Å². The van der Waals surface area contributed by atoms with Gasteiger partial charge in [-0.1, -0.05) is 42.5 Å². The third kappa shape index (κ3) is 5.86. The van der Waals surface area contributed by atoms with Crippen LogP contribution in [0.5, 0.6) is 0 Å². The van der Waals surface area contributed by atoms with Gasteiger partial charge in [0.2, 0.25) is 15.9 Å². The second kappa shape index (κ2) is 9.40. The van der Waals surface area contributed by atoms with Gasteiger partial charge < -0.3 is 9.80 Å². The number of rotatable bonds is 8. The molecule has 1 heterocycles. The number of anilines is 1. The maximum Gasteiger partial charge on any atom is 0.225 e. The van der Waals surface area contributed by atoms with Gasteiger partial charge in [-0.05, 0) is 42.5 Å². The van der Waals surface area contributed by atoms with Crippen molar-refractivity contribution in [2.45, 2.75) is 25.8 Å². The fraction of sp³-hybridized carbons (Fsp3) is 0.458. The van der Waals surface area contributed by atoms with Crippen molar-refractivity contribution in [3.63, 3.8) is 0 Å². The first kappa shape index (κ1) is 21.8. The maximum atomic E-state index is 12.3. The molecule has 4 rings (SSSR count). The molecule has 0 radical (unpaired) electrons. The fourth-order valence-electron chi connectivity index (χ4n) is 4.05. The Kier molecular flexibility index (Phi) is 6.62. The molecular formula is C24H31N3O3S. The van der Waals surface area contributed by atoms with Crippen LogP contribution in [0, 0.1) is 5.92 Å². The summed E-state index contributed by atoms with van der Waals surface area (Å²) in [5.41, 5.74) is 3.23. The maximum absolute atomic E-state index is 12.3. The molecule has 0 aromatic heterocycles. The first-order valence-corrected chi connectivity index (χ1v) is 12.9. The lowest BCUT2D eigenvalue weighted by molar-refractivity contribution is -0.132. The molecule has 166 valence electrons. The highest BCUT2D eigenvalue weighted by Gasteiger charge is 2.34. The van der Waals surface area contributed by atoms with Crippen LogP contribution in [0.2, 0.25) is 0 Å². The second-order valence-corrected chi connectivity index (χ2v) is 10.6. The van der Waals surface area contributed by atoms with Gasteiger partial charge in [-0.25, -0.2) is 8.42 Å². The van der Waals surface area contributed by atoms with Crippen LogP contribution in [0.1, 0.15) is 24.0 Å². The molecule has 31 heavy (non-hydrogen) atoms. The fourth-order valence-corrected chi connectivity index (χ4v) is 4.86. The van der Waals surface area contributed by atoms with E-state index in [9.17, 15) is 13.2 Å². The molecule has 1 aliphatic carbocycles. The summed E-state index contributed by atoms with van der Waals surface area (Å²) in [5.74, 6) is 0.608. The molecule has 2 aliphatic rings. The number of sulfonamides is 1. The summed E-state index contributed by atoms with van der Waals surface area (Å²) in [6, 6.07) is 18.1. The Bertz CT molecular complexity index is 980. The van der Waals surface area contributed by atoms with Gasteiger partial charge in [0.05, 0.1) is 6.26 Å². The number of hydrogen-bond donors (Lipinski definition) is 0. The van der Waals surface area contributed by atoms with Crippen LogP contribution in [0.15, 0.2) is 54.6 Å². The Labute approximate surface area is 185 Å². The van der Waals surface area contributed by atoms with Crippen LogP contribution in [0.4, 0.5) is 5.69 Å². The van der Waals surface area contributed by atoms with Crippen LogP contribution in [0.3, 0.4) is 0 Å². The van der Waals surface area contributed by atoms with Crippen LogP contribution < -0.4 is 4.90 Å². The molecule has 7 heteroatoms. The lowest BCUT2D eigenvalue weighted by Crippen LogP contribution is -2.49. The van der Waals surface area contributed by atoms with E-state index < -0.39 is 10.0 Å². The Morgan fingerprint density at radius 3 is 2.16 bits per heavy atom. The SMILES string of the molecule is CS(=O)(=O)N(CCc1ccccc1)Cc1ccc(N2CCN(C(=O)C3CC3)CC2)cc1. The van der Waals surface area contributed by atoms with E-state index in [0.29, 0.717) is 25.4 Å². The predicted molar refractivity (Wildman–Crippen MR) is 123 cm³/mol. The predicted octanol–water partition coefficient (Wildman–Crippen LogP) is 2.75. The molecule has 0 bridgehead atoms. The van der Waals surface area contributed by atoms with E-state index in [4.69, 9.17) is 0 Å². The van der Waals surface area contributed by atoms with Crippen LogP contribution >= 0.6 is 0 Å². The van der Waals surface area contributed by atoms with Crippen LogP contribution in [-0.4, -0.2) is 62.5 Å². The molecule has 2 aromatic rings. The number of carbonyl (C=O) groups excluding carboxylic acids is 1. The summed E-state index contributed by atoms with van der Waals surface area (Å²) in [5, 5.41) is 0. The third-order valence-corrected chi connectivity index (χ3v) is 7.39. The number of hydrogen-bond acceptors (Lipinski definition) is 4. The van der Waals surface area contributed by atoms with Crippen molar-refractivity contribution in [2.75, 3.05) is 43.9 Å². The van der Waals surface area contributed by atoms with Gasteiger partial charge in [0.1, 0.15) is 0 Å². The van der Waals surface area contributed by atoms with Gasteiger partial charge in [0.25, 0.3) is 0 Å². The highest BCUT2D eigenvalue weighted by Crippen LogP contribution is 2.31. The smallest absolute Gasteiger partial charge is 0.225 e. The molecule has 0 atom stereocenters. The number of benzene rings is 2. The Hall–Kier alpha value is -2.38. The van der Waals surface area contributed by atoms with Crippen molar-refractivity contribution >= 4 is 21.6 Å². The van der Waals surface area contributed by atoms with E-state index >= 15 is 0 Å². The first-order chi connectivity index (χ1) is 14.9. The molecule has 0 spiro atoms. The summed E-state index contributed by atoms with van der Waals surface area (Å²) >= 11 is 0. The van der Waals surface area contributed by atoms with E-state index in [1.807, 2.05) is 47.4 Å². The van der Waals surface area contributed by atoms with Crippen LogP contribution in [-0.2, 0) is 27.8 Å². The lowest BCUT2D eigenvalue weighted by atomic mass is 10.1. The van der Waals surface area contributed by atoms with E-state index in [1.165, 1.54) is 10.6 Å². The summed E-state index contributed by atoms with van der Waals surface area (Å²) in [7, 11) is -3.29. The Morgan fingerprint density at radius 1 is 0.935 bits per heavy atom. The van der Waals surface area contributed by atoms with Gasteiger partial charge in [-0.3, -0.25) is 4.79 Å². The number of nitrogens with zero attached hydrogens (tertiary/aromatic N) is 3. The molecule has 1 saturated heterocycles. The van der Waals surface area contributed by atoms with E-state index in [-0.39, 0.29) is 5.92 Å². The van der Waals surface area contributed by atoms with Crippen molar-refractivity contribution in [2.24, 2.45) is 5.92 Å². The third-order valence-electron chi connectivity index (χ3n) is 6.14. The summed E-state index contributed by atoms with van der Waals surface area (Å²) < 4.78 is 26.1. The van der Waals surface area contributed by atoms with Gasteiger partial charge in [-0.2, -0.15) is 4.31 Å². The molecule has 1 saturated carbocycles. The molecule has 2 fully saturated rings. The van der Waals surface area contributed by atoms with Gasteiger partial charge >= 0.3 is 0 Å². The zero-order valence-electron chi connectivity index (χ0n) is 18.1. The average molecular weight is 442 g/mol. The summed E-state index contributed by atoms with van der Waals surface area (Å²) in [6.07, 6.45) is 4.07. The topological polar surface area (TPSA) is 60.9 Å². The number of piperazine rings is 1. The molecule has 0 unspecified atom stereocenters. The standard InChI is InChI=1S/C24H31N3O3S/c1-31(29,30)27(14-13-20-5-3-2-4-6-20)19-21-7-11-23(12-8-21)25-15-17-26(18-16-25)24(28)22-9-10-22/h2-8,11-12,22H,9-10,13-19H2,1H3. The number of carbonyl (C=O) groups is 1. The van der Waals surface area contributed by atoms with Crippen molar-refractivity contribution in [1.29, 1.82) is 0 Å². The van der Waals surface area contributed by atoms with Gasteiger partial charge in [-0.15, -0.1) is 0 Å². The second-order valence-electron chi connectivity index (χ2n) is 8.59. The van der Waals surface area contributed by atoms with Crippen molar-refractivity contribution < 1.29 is 13.2 Å². The first-order valence-electron chi connectivity index (χ1n) is 11.0. The highest BCUT2D eigenvalue weighted by molar-refractivity contribution is 7.88. The molecule has 1 aliphatic heterocycles. The minimum Gasteiger partial charge on any atom is -0.368 e. The number of amides is 1. The molecule has 2 aromatic carbocycles. The zero-order chi connectivity index (χ0) is 21.8. The minimum atomic E-state index is -3.29. The zero-order valence-corrected chi connectivity index (χ0v) is 18.9. The van der Waals surface area contributed by atoms with E-state index in [0.717, 1.165) is 55.8 Å². The lowest BCUT2D eigenvalue weighted by Gasteiger charge is -2.36. The summed E-state index contributed by atoms with van der Waals surface area (Å²) in [6.45, 7) is 4.06. The Balaban J connectivity index is 1.33.